The van der Waals surface area contributed by atoms with Crippen LogP contribution in [0.3, 0.4) is 0 Å². The van der Waals surface area contributed by atoms with Gasteiger partial charge in [0.15, 0.2) is 0 Å². The third-order valence-electron chi connectivity index (χ3n) is 7.54. The van der Waals surface area contributed by atoms with E-state index in [1.165, 1.54) is 56.8 Å². The molecule has 3 heterocycles. The monoisotopic (exact) mass is 394 g/mol. The van der Waals surface area contributed by atoms with Crippen LogP contribution in [0.25, 0.3) is 0 Å². The van der Waals surface area contributed by atoms with E-state index in [0.29, 0.717) is 6.04 Å². The highest BCUT2D eigenvalue weighted by molar-refractivity contribution is 5.46. The van der Waals surface area contributed by atoms with Crippen LogP contribution in [-0.2, 0) is 6.42 Å². The van der Waals surface area contributed by atoms with Crippen LogP contribution in [0.4, 0.5) is 10.1 Å². The molecule has 1 aromatic carbocycles. The highest BCUT2D eigenvalue weighted by atomic mass is 19.1. The summed E-state index contributed by atoms with van der Waals surface area (Å²) in [4.78, 5) is 13.6. The molecule has 154 valence electrons. The summed E-state index contributed by atoms with van der Waals surface area (Å²) in [5, 5.41) is 0. The van der Waals surface area contributed by atoms with Crippen molar-refractivity contribution in [2.24, 2.45) is 17.8 Å². The van der Waals surface area contributed by atoms with Gasteiger partial charge in [-0.2, -0.15) is 0 Å². The van der Waals surface area contributed by atoms with Crippen molar-refractivity contribution in [3.05, 3.63) is 54.4 Å². The van der Waals surface area contributed by atoms with E-state index in [0.717, 1.165) is 43.0 Å². The Morgan fingerprint density at radius 2 is 1.83 bits per heavy atom. The highest BCUT2D eigenvalue weighted by Crippen LogP contribution is 2.43. The van der Waals surface area contributed by atoms with Gasteiger partial charge in [0.25, 0.3) is 0 Å². The van der Waals surface area contributed by atoms with Crippen LogP contribution < -0.4 is 4.90 Å². The van der Waals surface area contributed by atoms with E-state index in [4.69, 9.17) is 0 Å². The van der Waals surface area contributed by atoms with Gasteiger partial charge < -0.3 is 4.90 Å². The van der Waals surface area contributed by atoms with E-state index in [1.54, 1.807) is 12.4 Å². The molecular weight excluding hydrogens is 363 g/mol. The normalized spacial score (nSPS) is 28.4. The number of halogens is 1. The number of hydrogen-bond donors (Lipinski definition) is 0. The molecule has 0 amide bonds. The summed E-state index contributed by atoms with van der Waals surface area (Å²) in [5.41, 5.74) is 2.32. The molecule has 3 aliphatic rings. The van der Waals surface area contributed by atoms with Gasteiger partial charge >= 0.3 is 0 Å². The fraction of sp³-hybridized carbons (Fsp3) is 0.583. The number of fused-ring (bicyclic) bond motifs is 1. The summed E-state index contributed by atoms with van der Waals surface area (Å²) < 4.78 is 13.6. The lowest BCUT2D eigenvalue weighted by atomic mass is 9.72. The van der Waals surface area contributed by atoms with Gasteiger partial charge in [0.05, 0.1) is 0 Å². The second kappa shape index (κ2) is 8.39. The zero-order valence-electron chi connectivity index (χ0n) is 17.1. The number of anilines is 1. The molecule has 0 unspecified atom stereocenters. The Bertz CT molecular complexity index is 806. The number of nitrogens with zero attached hydrogens (tertiary/aromatic N) is 4. The number of likely N-dealkylation sites (tertiary alicyclic amines) is 1. The van der Waals surface area contributed by atoms with Gasteiger partial charge in [-0.3, -0.25) is 4.90 Å². The van der Waals surface area contributed by atoms with Crippen LogP contribution in [0, 0.1) is 23.6 Å². The topological polar surface area (TPSA) is 32.3 Å². The van der Waals surface area contributed by atoms with Gasteiger partial charge in [0.2, 0.25) is 0 Å². The molecule has 0 N–H and O–H groups in total. The molecule has 3 atom stereocenters. The molecule has 2 aromatic rings. The minimum absolute atomic E-state index is 0.136. The minimum Gasteiger partial charge on any atom is -0.371 e. The molecule has 0 radical (unpaired) electrons. The third-order valence-corrected chi connectivity index (χ3v) is 7.54. The van der Waals surface area contributed by atoms with Crippen molar-refractivity contribution in [3.8, 4) is 0 Å². The number of rotatable bonds is 4. The standard InChI is InChI=1S/C24H31FN4/c25-21-5-2-6-23(12-21)28-9-7-22(8-10-28)29-15-20-4-1-3-19(24(20)16-29)11-18-13-26-17-27-14-18/h2,5-6,12-14,17,19-20,22,24H,1,3-4,7-11,15-16H2/t19-,20-,24-/m1/s1. The highest BCUT2D eigenvalue weighted by Gasteiger charge is 2.42. The fourth-order valence-electron chi connectivity index (χ4n) is 6.08. The molecule has 5 rings (SSSR count). The van der Waals surface area contributed by atoms with Gasteiger partial charge in [-0.1, -0.05) is 12.5 Å². The van der Waals surface area contributed by atoms with Gasteiger partial charge in [-0.25, -0.2) is 14.4 Å². The molecule has 29 heavy (non-hydrogen) atoms. The van der Waals surface area contributed by atoms with E-state index in [9.17, 15) is 4.39 Å². The minimum atomic E-state index is -0.136. The first kappa shape index (κ1) is 19.0. The second-order valence-electron chi connectivity index (χ2n) is 9.22. The average molecular weight is 395 g/mol. The van der Waals surface area contributed by atoms with Crippen molar-refractivity contribution < 1.29 is 4.39 Å². The van der Waals surface area contributed by atoms with Crippen LogP contribution in [0.15, 0.2) is 43.0 Å². The van der Waals surface area contributed by atoms with Gasteiger partial charge in [-0.05, 0) is 73.6 Å². The Morgan fingerprint density at radius 1 is 1.00 bits per heavy atom. The largest absolute Gasteiger partial charge is 0.371 e. The lowest BCUT2D eigenvalue weighted by Crippen LogP contribution is -2.44. The van der Waals surface area contributed by atoms with Crippen molar-refractivity contribution >= 4 is 5.69 Å². The lowest BCUT2D eigenvalue weighted by Gasteiger charge is -2.38. The molecule has 0 bridgehead atoms. The summed E-state index contributed by atoms with van der Waals surface area (Å²) >= 11 is 0. The van der Waals surface area contributed by atoms with E-state index >= 15 is 0 Å². The Labute approximate surface area is 173 Å². The second-order valence-corrected chi connectivity index (χ2v) is 9.22. The van der Waals surface area contributed by atoms with Crippen molar-refractivity contribution in [2.75, 3.05) is 31.1 Å². The summed E-state index contributed by atoms with van der Waals surface area (Å²) in [5.74, 6) is 2.32. The van der Waals surface area contributed by atoms with E-state index in [1.807, 2.05) is 24.5 Å². The molecule has 0 spiro atoms. The Morgan fingerprint density at radius 3 is 2.62 bits per heavy atom. The first-order valence-corrected chi connectivity index (χ1v) is 11.2. The zero-order chi connectivity index (χ0) is 19.6. The van der Waals surface area contributed by atoms with Crippen molar-refractivity contribution in [2.45, 2.75) is 44.6 Å². The third kappa shape index (κ3) is 4.16. The number of hydrogen-bond acceptors (Lipinski definition) is 4. The Hall–Kier alpha value is -2.01. The quantitative estimate of drug-likeness (QED) is 0.779. The van der Waals surface area contributed by atoms with Crippen LogP contribution >= 0.6 is 0 Å². The average Bonchev–Trinajstić information content (AvgIpc) is 3.20. The molecule has 1 aliphatic carbocycles. The van der Waals surface area contributed by atoms with Crippen LogP contribution in [0.2, 0.25) is 0 Å². The number of piperidine rings is 1. The van der Waals surface area contributed by atoms with Gasteiger partial charge in [0.1, 0.15) is 12.1 Å². The zero-order valence-corrected chi connectivity index (χ0v) is 17.1. The predicted octanol–water partition coefficient (Wildman–Crippen LogP) is 4.18. The summed E-state index contributed by atoms with van der Waals surface area (Å²) in [6.07, 6.45) is 13.2. The molecule has 2 aliphatic heterocycles. The lowest BCUT2D eigenvalue weighted by molar-refractivity contribution is 0.183. The maximum Gasteiger partial charge on any atom is 0.125 e. The van der Waals surface area contributed by atoms with Crippen LogP contribution in [0.1, 0.15) is 37.7 Å². The molecule has 5 heteroatoms. The van der Waals surface area contributed by atoms with Crippen LogP contribution in [-0.4, -0.2) is 47.1 Å². The predicted molar refractivity (Wildman–Crippen MR) is 113 cm³/mol. The fourth-order valence-corrected chi connectivity index (χ4v) is 6.08. The smallest absolute Gasteiger partial charge is 0.125 e. The number of benzene rings is 1. The van der Waals surface area contributed by atoms with Crippen molar-refractivity contribution in [3.63, 3.8) is 0 Å². The van der Waals surface area contributed by atoms with Crippen molar-refractivity contribution in [1.29, 1.82) is 0 Å². The molecule has 3 fully saturated rings. The van der Waals surface area contributed by atoms with Crippen molar-refractivity contribution in [1.82, 2.24) is 14.9 Å². The molecule has 4 nitrogen and oxygen atoms in total. The Balaban J connectivity index is 1.19. The first-order chi connectivity index (χ1) is 14.3. The maximum atomic E-state index is 13.6. The molecular formula is C24H31FN4. The SMILES string of the molecule is Fc1cccc(N2CCC(N3C[C@H]4CCC[C@H](Cc5cncnc5)[C@H]4C3)CC2)c1. The summed E-state index contributed by atoms with van der Waals surface area (Å²) in [6, 6.07) is 7.74. The summed E-state index contributed by atoms with van der Waals surface area (Å²) in [7, 11) is 0. The molecule has 1 aromatic heterocycles. The Kier molecular flexibility index (Phi) is 5.49. The molecule has 1 saturated carbocycles. The summed E-state index contributed by atoms with van der Waals surface area (Å²) in [6.45, 7) is 4.60. The maximum absolute atomic E-state index is 13.6. The van der Waals surface area contributed by atoms with E-state index < -0.39 is 0 Å². The number of aromatic nitrogens is 2. The van der Waals surface area contributed by atoms with Gasteiger partial charge in [-0.15, -0.1) is 0 Å². The van der Waals surface area contributed by atoms with E-state index in [2.05, 4.69) is 19.8 Å². The van der Waals surface area contributed by atoms with Crippen LogP contribution in [0.5, 0.6) is 0 Å². The first-order valence-electron chi connectivity index (χ1n) is 11.2. The van der Waals surface area contributed by atoms with Gasteiger partial charge in [0, 0.05) is 50.3 Å². The molecule has 2 saturated heterocycles. The van der Waals surface area contributed by atoms with E-state index in [-0.39, 0.29) is 5.82 Å².